The molecule has 0 unspecified atom stereocenters. The smallest absolute Gasteiger partial charge is 0.191 e. The number of ether oxygens (including phenoxy) is 1. The van der Waals surface area contributed by atoms with Crippen LogP contribution in [-0.4, -0.2) is 56.8 Å². The van der Waals surface area contributed by atoms with Gasteiger partial charge in [-0.15, -0.1) is 0 Å². The van der Waals surface area contributed by atoms with Crippen LogP contribution in [0.1, 0.15) is 31.7 Å². The molecule has 1 saturated heterocycles. The zero-order chi connectivity index (χ0) is 17.0. The Hall–Kier alpha value is -1.59. The maximum Gasteiger partial charge on any atom is 0.191 e. The molecule has 0 aliphatic carbocycles. The summed E-state index contributed by atoms with van der Waals surface area (Å²) in [6.07, 6.45) is 3.32. The molecule has 5 heteroatoms. The van der Waals surface area contributed by atoms with Gasteiger partial charge in [-0.3, -0.25) is 9.89 Å². The molecule has 1 aromatic rings. The summed E-state index contributed by atoms with van der Waals surface area (Å²) in [4.78, 5) is 6.86. The minimum atomic E-state index is 0.509. The summed E-state index contributed by atoms with van der Waals surface area (Å²) in [6.45, 7) is 7.83. The third kappa shape index (κ3) is 6.89. The Morgan fingerprint density at radius 1 is 1.25 bits per heavy atom. The fourth-order valence-electron chi connectivity index (χ4n) is 2.99. The largest absolute Gasteiger partial charge is 0.382 e. The number of aliphatic imine (C=N–C) groups is 1. The van der Waals surface area contributed by atoms with Gasteiger partial charge in [-0.1, -0.05) is 30.3 Å². The van der Waals surface area contributed by atoms with Crippen LogP contribution in [-0.2, 0) is 11.3 Å². The zero-order valence-corrected chi connectivity index (χ0v) is 15.1. The second kappa shape index (κ2) is 11.0. The third-order valence-electron chi connectivity index (χ3n) is 4.36. The minimum Gasteiger partial charge on any atom is -0.382 e. The molecule has 0 aromatic heterocycles. The Morgan fingerprint density at radius 2 is 2.00 bits per heavy atom. The molecule has 0 atom stereocenters. The average Bonchev–Trinajstić information content (AvgIpc) is 2.63. The van der Waals surface area contributed by atoms with Gasteiger partial charge >= 0.3 is 0 Å². The van der Waals surface area contributed by atoms with Crippen LogP contribution >= 0.6 is 0 Å². The number of guanidine groups is 1. The van der Waals surface area contributed by atoms with Crippen molar-refractivity contribution >= 4 is 5.96 Å². The molecule has 0 radical (unpaired) electrons. The van der Waals surface area contributed by atoms with E-state index in [2.05, 4.69) is 50.9 Å². The summed E-state index contributed by atoms with van der Waals surface area (Å²) >= 11 is 0. The molecule has 0 saturated carbocycles. The summed E-state index contributed by atoms with van der Waals surface area (Å²) in [6, 6.07) is 11.2. The third-order valence-corrected chi connectivity index (χ3v) is 4.36. The Kier molecular flexibility index (Phi) is 8.63. The van der Waals surface area contributed by atoms with Crippen molar-refractivity contribution in [2.45, 2.75) is 38.8 Å². The molecule has 5 nitrogen and oxygen atoms in total. The first-order valence-corrected chi connectivity index (χ1v) is 9.13. The van der Waals surface area contributed by atoms with E-state index >= 15 is 0 Å². The lowest BCUT2D eigenvalue weighted by molar-refractivity contribution is 0.145. The molecule has 1 aliphatic heterocycles. The number of benzene rings is 1. The van der Waals surface area contributed by atoms with Crippen molar-refractivity contribution in [3.63, 3.8) is 0 Å². The monoisotopic (exact) mass is 332 g/mol. The van der Waals surface area contributed by atoms with E-state index in [1.54, 1.807) is 0 Å². The van der Waals surface area contributed by atoms with Crippen molar-refractivity contribution in [3.05, 3.63) is 35.9 Å². The van der Waals surface area contributed by atoms with Crippen molar-refractivity contribution in [2.75, 3.05) is 39.9 Å². The summed E-state index contributed by atoms with van der Waals surface area (Å²) in [5, 5.41) is 6.92. The molecule has 24 heavy (non-hydrogen) atoms. The standard InChI is InChI=1S/C19H32N4O/c1-3-24-15-7-12-21-19(20-2)22-18-10-13-23(14-11-18)16-17-8-5-4-6-9-17/h4-6,8-9,18H,3,7,10-16H2,1-2H3,(H2,20,21,22). The predicted octanol–water partition coefficient (Wildman–Crippen LogP) is 2.24. The van der Waals surface area contributed by atoms with Gasteiger partial charge in [0.15, 0.2) is 5.96 Å². The van der Waals surface area contributed by atoms with E-state index in [1.165, 1.54) is 5.56 Å². The maximum atomic E-state index is 5.35. The average molecular weight is 332 g/mol. The van der Waals surface area contributed by atoms with E-state index in [9.17, 15) is 0 Å². The summed E-state index contributed by atoms with van der Waals surface area (Å²) in [5.74, 6) is 0.910. The Bertz CT molecular complexity index is 470. The second-order valence-electron chi connectivity index (χ2n) is 6.23. The molecule has 1 heterocycles. The van der Waals surface area contributed by atoms with Gasteiger partial charge in [0.25, 0.3) is 0 Å². The summed E-state index contributed by atoms with van der Waals surface area (Å²) < 4.78 is 5.35. The second-order valence-corrected chi connectivity index (χ2v) is 6.23. The number of hydrogen-bond acceptors (Lipinski definition) is 3. The molecule has 0 spiro atoms. The molecule has 1 fully saturated rings. The lowest BCUT2D eigenvalue weighted by Crippen LogP contribution is -2.48. The number of hydrogen-bond donors (Lipinski definition) is 2. The van der Waals surface area contributed by atoms with Gasteiger partial charge in [0, 0.05) is 52.5 Å². The van der Waals surface area contributed by atoms with Crippen LogP contribution in [0, 0.1) is 0 Å². The van der Waals surface area contributed by atoms with Gasteiger partial charge in [-0.05, 0) is 31.7 Å². The molecular formula is C19H32N4O. The van der Waals surface area contributed by atoms with Crippen molar-refractivity contribution in [1.29, 1.82) is 0 Å². The van der Waals surface area contributed by atoms with Crippen LogP contribution in [0.4, 0.5) is 0 Å². The lowest BCUT2D eigenvalue weighted by atomic mass is 10.0. The fourth-order valence-corrected chi connectivity index (χ4v) is 2.99. The van der Waals surface area contributed by atoms with Gasteiger partial charge in [0.05, 0.1) is 0 Å². The Balaban J connectivity index is 1.64. The molecule has 0 amide bonds. The highest BCUT2D eigenvalue weighted by Crippen LogP contribution is 2.13. The quantitative estimate of drug-likeness (QED) is 0.435. The van der Waals surface area contributed by atoms with Gasteiger partial charge < -0.3 is 15.4 Å². The van der Waals surface area contributed by atoms with E-state index in [-0.39, 0.29) is 0 Å². The highest BCUT2D eigenvalue weighted by Gasteiger charge is 2.19. The van der Waals surface area contributed by atoms with Crippen LogP contribution < -0.4 is 10.6 Å². The van der Waals surface area contributed by atoms with E-state index in [0.717, 1.165) is 64.6 Å². The minimum absolute atomic E-state index is 0.509. The molecule has 2 N–H and O–H groups in total. The van der Waals surface area contributed by atoms with E-state index < -0.39 is 0 Å². The molecule has 1 aromatic carbocycles. The first-order chi connectivity index (χ1) is 11.8. The SMILES string of the molecule is CCOCCCNC(=NC)NC1CCN(Cc2ccccc2)CC1. The van der Waals surface area contributed by atoms with Crippen LogP contribution in [0.15, 0.2) is 35.3 Å². The van der Waals surface area contributed by atoms with Gasteiger partial charge in [0.1, 0.15) is 0 Å². The highest BCUT2D eigenvalue weighted by atomic mass is 16.5. The van der Waals surface area contributed by atoms with Crippen molar-refractivity contribution in [1.82, 2.24) is 15.5 Å². The number of rotatable bonds is 8. The Morgan fingerprint density at radius 3 is 2.67 bits per heavy atom. The van der Waals surface area contributed by atoms with E-state index in [4.69, 9.17) is 4.74 Å². The normalized spacial score (nSPS) is 17.0. The lowest BCUT2D eigenvalue weighted by Gasteiger charge is -2.33. The van der Waals surface area contributed by atoms with Crippen LogP contribution in [0.3, 0.4) is 0 Å². The first-order valence-electron chi connectivity index (χ1n) is 9.13. The molecular weight excluding hydrogens is 300 g/mol. The molecule has 1 aliphatic rings. The van der Waals surface area contributed by atoms with E-state index in [0.29, 0.717) is 6.04 Å². The summed E-state index contributed by atoms with van der Waals surface area (Å²) in [5.41, 5.74) is 1.40. The van der Waals surface area contributed by atoms with Crippen molar-refractivity contribution in [3.8, 4) is 0 Å². The number of nitrogens with one attached hydrogen (secondary N) is 2. The first kappa shape index (κ1) is 18.7. The van der Waals surface area contributed by atoms with Crippen molar-refractivity contribution in [2.24, 2.45) is 4.99 Å². The number of nitrogens with zero attached hydrogens (tertiary/aromatic N) is 2. The maximum absolute atomic E-state index is 5.35. The predicted molar refractivity (Wildman–Crippen MR) is 100 cm³/mol. The van der Waals surface area contributed by atoms with Gasteiger partial charge in [-0.25, -0.2) is 0 Å². The van der Waals surface area contributed by atoms with Crippen LogP contribution in [0.5, 0.6) is 0 Å². The Labute approximate surface area is 146 Å². The van der Waals surface area contributed by atoms with Crippen LogP contribution in [0.25, 0.3) is 0 Å². The molecule has 0 bridgehead atoms. The van der Waals surface area contributed by atoms with Crippen LogP contribution in [0.2, 0.25) is 0 Å². The van der Waals surface area contributed by atoms with Crippen molar-refractivity contribution < 1.29 is 4.74 Å². The van der Waals surface area contributed by atoms with E-state index in [1.807, 2.05) is 14.0 Å². The van der Waals surface area contributed by atoms with Gasteiger partial charge in [-0.2, -0.15) is 0 Å². The number of piperidine rings is 1. The molecule has 2 rings (SSSR count). The zero-order valence-electron chi connectivity index (χ0n) is 15.1. The van der Waals surface area contributed by atoms with Gasteiger partial charge in [0.2, 0.25) is 0 Å². The summed E-state index contributed by atoms with van der Waals surface area (Å²) in [7, 11) is 1.84. The highest BCUT2D eigenvalue weighted by molar-refractivity contribution is 5.79. The number of likely N-dealkylation sites (tertiary alicyclic amines) is 1. The fraction of sp³-hybridized carbons (Fsp3) is 0.632. The molecule has 134 valence electrons. The topological polar surface area (TPSA) is 48.9 Å².